The van der Waals surface area contributed by atoms with E-state index < -0.39 is 0 Å². The van der Waals surface area contributed by atoms with Gasteiger partial charge in [-0.15, -0.1) is 12.4 Å². The predicted octanol–water partition coefficient (Wildman–Crippen LogP) is 1.37. The number of rotatable bonds is 4. The van der Waals surface area contributed by atoms with Gasteiger partial charge in [-0.05, 0) is 19.3 Å². The maximum Gasteiger partial charge on any atom is 0.226 e. The van der Waals surface area contributed by atoms with Gasteiger partial charge in [-0.3, -0.25) is 4.90 Å². The predicted molar refractivity (Wildman–Crippen MR) is 68.0 cm³/mol. The second kappa shape index (κ2) is 6.93. The van der Waals surface area contributed by atoms with Crippen molar-refractivity contribution in [2.75, 3.05) is 13.1 Å². The molecule has 98 valence electrons. The van der Waals surface area contributed by atoms with Gasteiger partial charge in [-0.2, -0.15) is 4.98 Å². The number of hydrogen-bond acceptors (Lipinski definition) is 5. The van der Waals surface area contributed by atoms with Crippen LogP contribution in [0.4, 0.5) is 0 Å². The van der Waals surface area contributed by atoms with Gasteiger partial charge in [0.25, 0.3) is 0 Å². The average Bonchev–Trinajstić information content (AvgIpc) is 2.70. The minimum absolute atomic E-state index is 0. The highest BCUT2D eigenvalue weighted by Crippen LogP contribution is 2.11. The second-order valence-electron chi connectivity index (χ2n) is 4.47. The molecule has 2 heterocycles. The quantitative estimate of drug-likeness (QED) is 0.886. The lowest BCUT2D eigenvalue weighted by molar-refractivity contribution is 0.199. The third-order valence-corrected chi connectivity index (χ3v) is 2.97. The van der Waals surface area contributed by atoms with E-state index in [1.807, 2.05) is 0 Å². The third kappa shape index (κ3) is 4.26. The summed E-state index contributed by atoms with van der Waals surface area (Å²) in [5.41, 5.74) is 5.86. The van der Waals surface area contributed by atoms with Crippen molar-refractivity contribution in [3.63, 3.8) is 0 Å². The molecule has 0 atom stereocenters. The Hall–Kier alpha value is -0.650. The Balaban J connectivity index is 0.00000144. The zero-order valence-electron chi connectivity index (χ0n) is 10.3. The first-order valence-electron chi connectivity index (χ1n) is 6.07. The summed E-state index contributed by atoms with van der Waals surface area (Å²) in [5.74, 6) is 1.56. The molecular weight excluding hydrogens is 240 g/mol. The summed E-state index contributed by atoms with van der Waals surface area (Å²) >= 11 is 0. The summed E-state index contributed by atoms with van der Waals surface area (Å²) in [7, 11) is 0. The second-order valence-corrected chi connectivity index (χ2v) is 4.47. The molecule has 1 aliphatic rings. The molecule has 2 N–H and O–H groups in total. The van der Waals surface area contributed by atoms with Gasteiger partial charge in [0.2, 0.25) is 5.89 Å². The number of aryl methyl sites for hydroxylation is 1. The molecule has 1 fully saturated rings. The van der Waals surface area contributed by atoms with Gasteiger partial charge >= 0.3 is 0 Å². The molecule has 1 saturated heterocycles. The van der Waals surface area contributed by atoms with Crippen LogP contribution in [0.1, 0.15) is 37.9 Å². The van der Waals surface area contributed by atoms with Gasteiger partial charge in [0.05, 0.1) is 6.54 Å². The number of likely N-dealkylation sites (tertiary alicyclic amines) is 1. The molecule has 1 aromatic rings. The SMILES string of the molecule is CCCc1nc(CN2CCC(N)CC2)no1.Cl. The monoisotopic (exact) mass is 260 g/mol. The molecule has 0 aliphatic carbocycles. The van der Waals surface area contributed by atoms with Crippen molar-refractivity contribution in [1.29, 1.82) is 0 Å². The van der Waals surface area contributed by atoms with Crippen LogP contribution in [0.3, 0.4) is 0 Å². The molecule has 0 radical (unpaired) electrons. The summed E-state index contributed by atoms with van der Waals surface area (Å²) in [6.45, 7) is 4.98. The smallest absolute Gasteiger partial charge is 0.226 e. The van der Waals surface area contributed by atoms with Gasteiger partial charge in [0.15, 0.2) is 5.82 Å². The zero-order chi connectivity index (χ0) is 11.4. The van der Waals surface area contributed by atoms with Crippen molar-refractivity contribution in [2.24, 2.45) is 5.73 Å². The van der Waals surface area contributed by atoms with Crippen molar-refractivity contribution < 1.29 is 4.52 Å². The molecule has 5 nitrogen and oxygen atoms in total. The van der Waals surface area contributed by atoms with Crippen LogP contribution in [0.25, 0.3) is 0 Å². The van der Waals surface area contributed by atoms with Crippen molar-refractivity contribution in [3.8, 4) is 0 Å². The van der Waals surface area contributed by atoms with Crippen LogP contribution in [0.2, 0.25) is 0 Å². The molecule has 0 saturated carbocycles. The van der Waals surface area contributed by atoms with Crippen LogP contribution < -0.4 is 5.73 Å². The topological polar surface area (TPSA) is 68.2 Å². The molecule has 2 rings (SSSR count). The molecule has 1 aliphatic heterocycles. The zero-order valence-corrected chi connectivity index (χ0v) is 11.1. The summed E-state index contributed by atoms with van der Waals surface area (Å²) in [6, 6.07) is 0.372. The minimum Gasteiger partial charge on any atom is -0.339 e. The Bertz CT molecular complexity index is 323. The Morgan fingerprint density at radius 3 is 2.76 bits per heavy atom. The van der Waals surface area contributed by atoms with Crippen LogP contribution >= 0.6 is 12.4 Å². The fourth-order valence-corrected chi connectivity index (χ4v) is 1.98. The third-order valence-electron chi connectivity index (χ3n) is 2.97. The van der Waals surface area contributed by atoms with E-state index in [0.29, 0.717) is 6.04 Å². The Kier molecular flexibility index (Phi) is 5.88. The van der Waals surface area contributed by atoms with Crippen LogP contribution in [-0.4, -0.2) is 34.2 Å². The Labute approximate surface area is 108 Å². The summed E-state index contributed by atoms with van der Waals surface area (Å²) in [4.78, 5) is 6.70. The highest BCUT2D eigenvalue weighted by atomic mass is 35.5. The highest BCUT2D eigenvalue weighted by molar-refractivity contribution is 5.85. The Morgan fingerprint density at radius 1 is 1.41 bits per heavy atom. The normalized spacial score (nSPS) is 18.0. The first kappa shape index (κ1) is 14.4. The largest absolute Gasteiger partial charge is 0.339 e. The maximum absolute atomic E-state index is 5.86. The maximum atomic E-state index is 5.86. The first-order chi connectivity index (χ1) is 7.78. The fraction of sp³-hybridized carbons (Fsp3) is 0.818. The van der Waals surface area contributed by atoms with E-state index in [0.717, 1.165) is 57.0 Å². The van der Waals surface area contributed by atoms with Gasteiger partial charge in [-0.25, -0.2) is 0 Å². The van der Waals surface area contributed by atoms with Crippen molar-refractivity contribution in [1.82, 2.24) is 15.0 Å². The van der Waals surface area contributed by atoms with E-state index in [9.17, 15) is 0 Å². The summed E-state index contributed by atoms with van der Waals surface area (Å²) < 4.78 is 5.16. The van der Waals surface area contributed by atoms with E-state index in [2.05, 4.69) is 22.0 Å². The number of nitrogens with two attached hydrogens (primary N) is 1. The number of piperidine rings is 1. The van der Waals surface area contributed by atoms with Crippen molar-refractivity contribution in [3.05, 3.63) is 11.7 Å². The minimum atomic E-state index is 0. The van der Waals surface area contributed by atoms with Gasteiger partial charge in [0, 0.05) is 25.6 Å². The number of hydrogen-bond donors (Lipinski definition) is 1. The number of aromatic nitrogens is 2. The van der Waals surface area contributed by atoms with Crippen LogP contribution in [0.5, 0.6) is 0 Å². The van der Waals surface area contributed by atoms with E-state index in [1.54, 1.807) is 0 Å². The first-order valence-corrected chi connectivity index (χ1v) is 6.07. The highest BCUT2D eigenvalue weighted by Gasteiger charge is 2.17. The van der Waals surface area contributed by atoms with E-state index in [4.69, 9.17) is 10.3 Å². The van der Waals surface area contributed by atoms with E-state index >= 15 is 0 Å². The van der Waals surface area contributed by atoms with Crippen molar-refractivity contribution in [2.45, 2.75) is 45.2 Å². The standard InChI is InChI=1S/C11H20N4O.ClH/c1-2-3-11-13-10(14-16-11)8-15-6-4-9(12)5-7-15;/h9H,2-8,12H2,1H3;1H. The molecule has 6 heteroatoms. The van der Waals surface area contributed by atoms with Gasteiger partial charge < -0.3 is 10.3 Å². The molecule has 0 spiro atoms. The lowest BCUT2D eigenvalue weighted by Gasteiger charge is -2.28. The average molecular weight is 261 g/mol. The van der Waals surface area contributed by atoms with Gasteiger partial charge in [0.1, 0.15) is 0 Å². The molecular formula is C11H21ClN4O. The van der Waals surface area contributed by atoms with Gasteiger partial charge in [-0.1, -0.05) is 12.1 Å². The van der Waals surface area contributed by atoms with E-state index in [1.165, 1.54) is 0 Å². The molecule has 17 heavy (non-hydrogen) atoms. The molecule has 0 amide bonds. The van der Waals surface area contributed by atoms with Crippen LogP contribution in [0, 0.1) is 0 Å². The molecule has 0 unspecified atom stereocenters. The van der Waals surface area contributed by atoms with E-state index in [-0.39, 0.29) is 12.4 Å². The number of nitrogens with zero attached hydrogens (tertiary/aromatic N) is 3. The summed E-state index contributed by atoms with van der Waals surface area (Å²) in [5, 5.41) is 3.99. The summed E-state index contributed by atoms with van der Waals surface area (Å²) in [6.07, 6.45) is 4.05. The molecule has 0 bridgehead atoms. The lowest BCUT2D eigenvalue weighted by Crippen LogP contribution is -2.39. The Morgan fingerprint density at radius 2 is 2.12 bits per heavy atom. The van der Waals surface area contributed by atoms with Crippen LogP contribution in [-0.2, 0) is 13.0 Å². The number of halogens is 1. The molecule has 0 aromatic carbocycles. The lowest BCUT2D eigenvalue weighted by atomic mass is 10.1. The van der Waals surface area contributed by atoms with Crippen LogP contribution in [0.15, 0.2) is 4.52 Å². The fourth-order valence-electron chi connectivity index (χ4n) is 1.98. The van der Waals surface area contributed by atoms with Crippen molar-refractivity contribution >= 4 is 12.4 Å². The molecule has 1 aromatic heterocycles.